The molecule has 148 valence electrons. The molecule has 0 saturated carbocycles. The second-order valence-corrected chi connectivity index (χ2v) is 7.35. The Balaban J connectivity index is 1.38. The van der Waals surface area contributed by atoms with E-state index in [2.05, 4.69) is 32.4 Å². The van der Waals surface area contributed by atoms with Crippen LogP contribution in [-0.2, 0) is 6.42 Å². The number of hydrogen-bond donors (Lipinski definition) is 3. The predicted octanol–water partition coefficient (Wildman–Crippen LogP) is 3.14. The number of guanidine groups is 1. The van der Waals surface area contributed by atoms with Gasteiger partial charge in [0.15, 0.2) is 5.96 Å². The number of fused-ring (bicyclic) bond motifs is 1. The number of aliphatic imine (C=N–C) groups is 1. The quantitative estimate of drug-likeness (QED) is 0.516. The Bertz CT molecular complexity index is 746. The van der Waals surface area contributed by atoms with E-state index in [0.717, 1.165) is 42.3 Å². The molecule has 2 heterocycles. The Morgan fingerprint density at radius 1 is 1.26 bits per heavy atom. The maximum absolute atomic E-state index is 13.3. The molecule has 1 saturated heterocycles. The lowest BCUT2D eigenvalue weighted by atomic mass is 9.93. The highest BCUT2D eigenvalue weighted by atomic mass is 19.1. The molecule has 0 amide bonds. The molecule has 0 aliphatic carbocycles. The summed E-state index contributed by atoms with van der Waals surface area (Å²) in [4.78, 5) is 9.99. The van der Waals surface area contributed by atoms with Gasteiger partial charge in [-0.05, 0) is 75.0 Å². The molecule has 1 fully saturated rings. The van der Waals surface area contributed by atoms with Crippen molar-refractivity contribution < 1.29 is 4.39 Å². The number of likely N-dealkylation sites (tertiary alicyclic amines) is 1. The van der Waals surface area contributed by atoms with Crippen molar-refractivity contribution in [1.29, 1.82) is 0 Å². The summed E-state index contributed by atoms with van der Waals surface area (Å²) in [6.07, 6.45) is 6.64. The number of piperidine rings is 1. The van der Waals surface area contributed by atoms with Crippen molar-refractivity contribution in [3.8, 4) is 0 Å². The van der Waals surface area contributed by atoms with Gasteiger partial charge in [-0.25, -0.2) is 4.39 Å². The molecule has 3 rings (SSSR count). The lowest BCUT2D eigenvalue weighted by Gasteiger charge is -2.31. The summed E-state index contributed by atoms with van der Waals surface area (Å²) in [6, 6.07) is 4.89. The molecule has 1 aromatic heterocycles. The van der Waals surface area contributed by atoms with E-state index in [4.69, 9.17) is 0 Å². The van der Waals surface area contributed by atoms with Crippen molar-refractivity contribution >= 4 is 16.9 Å². The number of benzene rings is 1. The van der Waals surface area contributed by atoms with Gasteiger partial charge >= 0.3 is 0 Å². The molecule has 0 unspecified atom stereocenters. The number of halogens is 1. The Morgan fingerprint density at radius 2 is 2.04 bits per heavy atom. The van der Waals surface area contributed by atoms with Gasteiger partial charge in [-0.15, -0.1) is 0 Å². The number of aromatic nitrogens is 1. The molecule has 6 heteroatoms. The summed E-state index contributed by atoms with van der Waals surface area (Å²) in [5.74, 6) is 1.47. The summed E-state index contributed by atoms with van der Waals surface area (Å²) < 4.78 is 13.3. The molecule has 27 heavy (non-hydrogen) atoms. The van der Waals surface area contributed by atoms with E-state index in [1.54, 1.807) is 0 Å². The van der Waals surface area contributed by atoms with Crippen LogP contribution in [0.25, 0.3) is 10.9 Å². The molecule has 0 radical (unpaired) electrons. The number of rotatable bonds is 7. The lowest BCUT2D eigenvalue weighted by molar-refractivity contribution is 0.187. The van der Waals surface area contributed by atoms with Crippen molar-refractivity contribution in [3.63, 3.8) is 0 Å². The monoisotopic (exact) mass is 373 g/mol. The largest absolute Gasteiger partial charge is 0.361 e. The molecule has 1 aliphatic heterocycles. The van der Waals surface area contributed by atoms with Crippen LogP contribution in [0.4, 0.5) is 4.39 Å². The van der Waals surface area contributed by atoms with Crippen LogP contribution in [0.5, 0.6) is 0 Å². The first-order valence-corrected chi connectivity index (χ1v) is 10.1. The molecule has 3 N–H and O–H groups in total. The summed E-state index contributed by atoms with van der Waals surface area (Å²) in [5, 5.41) is 7.90. The minimum absolute atomic E-state index is 0.209. The van der Waals surface area contributed by atoms with Gasteiger partial charge in [0.1, 0.15) is 5.82 Å². The lowest BCUT2D eigenvalue weighted by Crippen LogP contribution is -2.40. The average molecular weight is 374 g/mol. The third-order valence-electron chi connectivity index (χ3n) is 5.64. The summed E-state index contributed by atoms with van der Waals surface area (Å²) in [5.41, 5.74) is 2.04. The van der Waals surface area contributed by atoms with Crippen molar-refractivity contribution in [2.24, 2.45) is 10.9 Å². The highest BCUT2D eigenvalue weighted by Gasteiger charge is 2.17. The summed E-state index contributed by atoms with van der Waals surface area (Å²) >= 11 is 0. The summed E-state index contributed by atoms with van der Waals surface area (Å²) in [7, 11) is 1.81. The van der Waals surface area contributed by atoms with Crippen molar-refractivity contribution in [1.82, 2.24) is 20.5 Å². The predicted molar refractivity (Wildman–Crippen MR) is 111 cm³/mol. The number of H-pyrrole nitrogens is 1. The Labute approximate surface area is 161 Å². The first-order chi connectivity index (χ1) is 13.2. The molecular weight excluding hydrogens is 341 g/mol. The second kappa shape index (κ2) is 9.74. The van der Waals surface area contributed by atoms with E-state index in [-0.39, 0.29) is 5.82 Å². The van der Waals surface area contributed by atoms with Crippen LogP contribution in [-0.4, -0.2) is 55.6 Å². The van der Waals surface area contributed by atoms with E-state index in [9.17, 15) is 4.39 Å². The van der Waals surface area contributed by atoms with Crippen LogP contribution < -0.4 is 10.6 Å². The first kappa shape index (κ1) is 19.7. The first-order valence-electron chi connectivity index (χ1n) is 10.1. The minimum atomic E-state index is -0.209. The molecule has 1 aromatic carbocycles. The SMILES string of the molecule is CCN1CCC(CCNC(=NC)NCCc2c[nH]c3cc(F)ccc23)CC1. The van der Waals surface area contributed by atoms with Gasteiger partial charge in [0.2, 0.25) is 0 Å². The van der Waals surface area contributed by atoms with E-state index in [1.807, 2.05) is 19.3 Å². The van der Waals surface area contributed by atoms with Gasteiger partial charge in [-0.1, -0.05) is 6.92 Å². The van der Waals surface area contributed by atoms with Crippen molar-refractivity contribution in [3.05, 3.63) is 35.8 Å². The number of nitrogens with one attached hydrogen (secondary N) is 3. The molecule has 5 nitrogen and oxygen atoms in total. The number of aromatic amines is 1. The zero-order chi connectivity index (χ0) is 19.1. The second-order valence-electron chi connectivity index (χ2n) is 7.35. The van der Waals surface area contributed by atoms with Crippen LogP contribution in [0.3, 0.4) is 0 Å². The normalized spacial score (nSPS) is 16.8. The van der Waals surface area contributed by atoms with Crippen molar-refractivity contribution in [2.75, 3.05) is 39.8 Å². The van der Waals surface area contributed by atoms with Crippen LogP contribution in [0.1, 0.15) is 31.7 Å². The van der Waals surface area contributed by atoms with Gasteiger partial charge in [-0.2, -0.15) is 0 Å². The van der Waals surface area contributed by atoms with Gasteiger partial charge in [-0.3, -0.25) is 4.99 Å². The van der Waals surface area contributed by atoms with E-state index >= 15 is 0 Å². The van der Waals surface area contributed by atoms with Gasteiger partial charge < -0.3 is 20.5 Å². The molecule has 1 aliphatic rings. The van der Waals surface area contributed by atoms with Gasteiger partial charge in [0, 0.05) is 37.2 Å². The molecule has 0 spiro atoms. The van der Waals surface area contributed by atoms with Crippen molar-refractivity contribution in [2.45, 2.75) is 32.6 Å². The molecule has 0 atom stereocenters. The van der Waals surface area contributed by atoms with E-state index in [1.165, 1.54) is 56.6 Å². The van der Waals surface area contributed by atoms with Crippen LogP contribution in [0.15, 0.2) is 29.4 Å². The van der Waals surface area contributed by atoms with Gasteiger partial charge in [0.05, 0.1) is 0 Å². The van der Waals surface area contributed by atoms with Crippen LogP contribution in [0.2, 0.25) is 0 Å². The Hall–Kier alpha value is -2.08. The average Bonchev–Trinajstić information content (AvgIpc) is 3.09. The highest BCUT2D eigenvalue weighted by Crippen LogP contribution is 2.20. The Kier molecular flexibility index (Phi) is 7.10. The topological polar surface area (TPSA) is 55.4 Å². The number of nitrogens with zero attached hydrogens (tertiary/aromatic N) is 2. The molecular formula is C21H32FN5. The van der Waals surface area contributed by atoms with Gasteiger partial charge in [0.25, 0.3) is 0 Å². The highest BCUT2D eigenvalue weighted by molar-refractivity contribution is 5.83. The zero-order valence-corrected chi connectivity index (χ0v) is 16.5. The maximum Gasteiger partial charge on any atom is 0.190 e. The van der Waals surface area contributed by atoms with E-state index < -0.39 is 0 Å². The fourth-order valence-corrected chi connectivity index (χ4v) is 3.89. The maximum atomic E-state index is 13.3. The fraction of sp³-hybridized carbons (Fsp3) is 0.571. The summed E-state index contributed by atoms with van der Waals surface area (Å²) in [6.45, 7) is 7.64. The molecule has 0 bridgehead atoms. The standard InChI is InChI=1S/C21H32FN5/c1-3-27-12-8-16(9-13-27)6-10-24-21(23-2)25-11-7-17-15-26-20-14-18(22)4-5-19(17)20/h4-5,14-16,26H,3,6-13H2,1-2H3,(H2,23,24,25). The van der Waals surface area contributed by atoms with E-state index in [0.29, 0.717) is 0 Å². The zero-order valence-electron chi connectivity index (χ0n) is 16.5. The molecule has 2 aromatic rings. The Morgan fingerprint density at radius 3 is 2.78 bits per heavy atom. The third kappa shape index (κ3) is 5.45. The van der Waals surface area contributed by atoms with Crippen LogP contribution in [0, 0.1) is 11.7 Å². The smallest absolute Gasteiger partial charge is 0.190 e. The van der Waals surface area contributed by atoms with Crippen LogP contribution >= 0.6 is 0 Å². The fourth-order valence-electron chi connectivity index (χ4n) is 3.89. The minimum Gasteiger partial charge on any atom is -0.361 e. The number of hydrogen-bond acceptors (Lipinski definition) is 2. The third-order valence-corrected chi connectivity index (χ3v) is 5.64.